The van der Waals surface area contributed by atoms with E-state index < -0.39 is 0 Å². The van der Waals surface area contributed by atoms with E-state index in [1.807, 2.05) is 0 Å². The summed E-state index contributed by atoms with van der Waals surface area (Å²) in [6.07, 6.45) is 7.19. The molecular weight excluding hydrogens is 196 g/mol. The summed E-state index contributed by atoms with van der Waals surface area (Å²) in [5.41, 5.74) is 1.48. The van der Waals surface area contributed by atoms with Crippen LogP contribution in [0.15, 0.2) is 42.5 Å². The predicted molar refractivity (Wildman–Crippen MR) is 65.1 cm³/mol. The van der Waals surface area contributed by atoms with Crippen molar-refractivity contribution in [1.82, 2.24) is 0 Å². The highest BCUT2D eigenvalue weighted by molar-refractivity contribution is 5.28. The van der Waals surface area contributed by atoms with Crippen LogP contribution in [-0.2, 0) is 0 Å². The molecule has 2 aliphatic rings. The first-order chi connectivity index (χ1) is 7.88. The summed E-state index contributed by atoms with van der Waals surface area (Å²) < 4.78 is 0. The van der Waals surface area contributed by atoms with Gasteiger partial charge in [-0.1, -0.05) is 42.5 Å². The molecule has 1 nitrogen and oxygen atoms in total. The first-order valence-electron chi connectivity index (χ1n) is 6.22. The Kier molecular flexibility index (Phi) is 2.56. The van der Waals surface area contributed by atoms with E-state index in [9.17, 15) is 0 Å². The third kappa shape index (κ3) is 2.05. The quantitative estimate of drug-likeness (QED) is 0.764. The van der Waals surface area contributed by atoms with Crippen LogP contribution in [0.4, 0.5) is 0 Å². The van der Waals surface area contributed by atoms with Gasteiger partial charge in [0.2, 0.25) is 0 Å². The maximum atomic E-state index is 8.95. The third-order valence-corrected chi connectivity index (χ3v) is 3.88. The van der Waals surface area contributed by atoms with Crippen molar-refractivity contribution in [2.75, 3.05) is 6.61 Å². The number of aliphatic hydroxyl groups is 1. The Bertz CT molecular complexity index is 382. The van der Waals surface area contributed by atoms with Gasteiger partial charge in [0.1, 0.15) is 0 Å². The van der Waals surface area contributed by atoms with Crippen LogP contribution >= 0.6 is 0 Å². The fourth-order valence-corrected chi connectivity index (χ4v) is 2.51. The third-order valence-electron chi connectivity index (χ3n) is 3.88. The lowest BCUT2D eigenvalue weighted by molar-refractivity contribution is 0.272. The van der Waals surface area contributed by atoms with Crippen molar-refractivity contribution < 1.29 is 5.11 Å². The second-order valence-electron chi connectivity index (χ2n) is 5.14. The second-order valence-corrected chi connectivity index (χ2v) is 5.14. The van der Waals surface area contributed by atoms with Crippen LogP contribution in [0.5, 0.6) is 0 Å². The second kappa shape index (κ2) is 4.06. The lowest BCUT2D eigenvalue weighted by Crippen LogP contribution is -1.85. The van der Waals surface area contributed by atoms with Gasteiger partial charge in [0.15, 0.2) is 0 Å². The molecule has 0 bridgehead atoms. The van der Waals surface area contributed by atoms with Gasteiger partial charge in [-0.2, -0.15) is 0 Å². The summed E-state index contributed by atoms with van der Waals surface area (Å²) >= 11 is 0. The van der Waals surface area contributed by atoms with Gasteiger partial charge in [0, 0.05) is 6.61 Å². The van der Waals surface area contributed by atoms with E-state index >= 15 is 0 Å². The minimum Gasteiger partial charge on any atom is -0.396 e. The molecule has 1 aromatic carbocycles. The smallest absolute Gasteiger partial charge is 0.0465 e. The van der Waals surface area contributed by atoms with Gasteiger partial charge < -0.3 is 5.11 Å². The molecule has 0 saturated heterocycles. The molecule has 16 heavy (non-hydrogen) atoms. The molecule has 0 aromatic heterocycles. The Balaban J connectivity index is 1.53. The summed E-state index contributed by atoms with van der Waals surface area (Å²) in [6.45, 7) is 0.363. The molecule has 4 atom stereocenters. The molecular formula is C15H18O. The normalized spacial score (nSPS) is 36.6. The van der Waals surface area contributed by atoms with Gasteiger partial charge >= 0.3 is 0 Å². The molecule has 3 rings (SSSR count). The Hall–Kier alpha value is -1.08. The zero-order chi connectivity index (χ0) is 11.0. The Morgan fingerprint density at radius 2 is 1.81 bits per heavy atom. The van der Waals surface area contributed by atoms with Crippen molar-refractivity contribution in [2.45, 2.75) is 18.8 Å². The van der Waals surface area contributed by atoms with Gasteiger partial charge in [-0.25, -0.2) is 0 Å². The summed E-state index contributed by atoms with van der Waals surface area (Å²) in [6, 6.07) is 10.8. The Labute approximate surface area is 96.8 Å². The number of benzene rings is 1. The van der Waals surface area contributed by atoms with Gasteiger partial charge in [-0.05, 0) is 42.1 Å². The first kappa shape index (κ1) is 10.1. The van der Waals surface area contributed by atoms with E-state index in [2.05, 4.69) is 42.5 Å². The average Bonchev–Trinajstić information content (AvgIpc) is 3.22. The lowest BCUT2D eigenvalue weighted by atomic mass is 10.1. The molecule has 2 saturated carbocycles. The molecule has 84 valence electrons. The van der Waals surface area contributed by atoms with Crippen LogP contribution in [0, 0.1) is 17.8 Å². The van der Waals surface area contributed by atoms with Crippen LogP contribution in [0.2, 0.25) is 0 Å². The maximum Gasteiger partial charge on any atom is 0.0465 e. The number of rotatable bonds is 4. The van der Waals surface area contributed by atoms with E-state index in [0.717, 1.165) is 11.8 Å². The summed E-state index contributed by atoms with van der Waals surface area (Å²) in [5, 5.41) is 8.95. The average molecular weight is 214 g/mol. The van der Waals surface area contributed by atoms with Crippen molar-refractivity contribution in [2.24, 2.45) is 17.8 Å². The van der Waals surface area contributed by atoms with E-state index in [-0.39, 0.29) is 0 Å². The van der Waals surface area contributed by atoms with E-state index in [1.165, 1.54) is 18.4 Å². The molecule has 0 amide bonds. The molecule has 0 radical (unpaired) electrons. The number of hydrogen-bond acceptors (Lipinski definition) is 1. The molecule has 1 N–H and O–H groups in total. The molecule has 0 unspecified atom stereocenters. The highest BCUT2D eigenvalue weighted by atomic mass is 16.3. The van der Waals surface area contributed by atoms with E-state index in [4.69, 9.17) is 5.11 Å². The molecule has 1 heteroatoms. The summed E-state index contributed by atoms with van der Waals surface area (Å²) in [7, 11) is 0. The van der Waals surface area contributed by atoms with Gasteiger partial charge in [-0.3, -0.25) is 0 Å². The standard InChI is InChI=1S/C15H18O/c16-10-14-8-12(14)6-7-13-9-15(13)11-4-2-1-3-5-11/h1-7,12-16H,8-10H2/b7-6+/t12-,13-,14+,15+/m0/s1. The highest BCUT2D eigenvalue weighted by Gasteiger charge is 2.38. The van der Waals surface area contributed by atoms with E-state index in [1.54, 1.807) is 0 Å². The zero-order valence-corrected chi connectivity index (χ0v) is 9.42. The number of aliphatic hydroxyl groups excluding tert-OH is 1. The fourth-order valence-electron chi connectivity index (χ4n) is 2.51. The monoisotopic (exact) mass is 214 g/mol. The van der Waals surface area contributed by atoms with Crippen molar-refractivity contribution >= 4 is 0 Å². The van der Waals surface area contributed by atoms with Crippen LogP contribution in [-0.4, -0.2) is 11.7 Å². The molecule has 2 aliphatic carbocycles. The fraction of sp³-hybridized carbons (Fsp3) is 0.467. The summed E-state index contributed by atoms with van der Waals surface area (Å²) in [5.74, 6) is 2.73. The molecule has 2 fully saturated rings. The van der Waals surface area contributed by atoms with Gasteiger partial charge in [0.25, 0.3) is 0 Å². The SMILES string of the molecule is OC[C@H]1C[C@@H]1/C=C/[C@H]1C[C@@H]1c1ccccc1. The van der Waals surface area contributed by atoms with Crippen molar-refractivity contribution in [3.8, 4) is 0 Å². The van der Waals surface area contributed by atoms with Gasteiger partial charge in [-0.15, -0.1) is 0 Å². The summed E-state index contributed by atoms with van der Waals surface area (Å²) in [4.78, 5) is 0. The minimum absolute atomic E-state index is 0.363. The highest BCUT2D eigenvalue weighted by Crippen LogP contribution is 2.49. The van der Waals surface area contributed by atoms with Crippen LogP contribution in [0.3, 0.4) is 0 Å². The van der Waals surface area contributed by atoms with Crippen molar-refractivity contribution in [3.63, 3.8) is 0 Å². The van der Waals surface area contributed by atoms with E-state index in [0.29, 0.717) is 18.4 Å². The van der Waals surface area contributed by atoms with Crippen molar-refractivity contribution in [1.29, 1.82) is 0 Å². The molecule has 0 heterocycles. The largest absolute Gasteiger partial charge is 0.396 e. The molecule has 0 aliphatic heterocycles. The van der Waals surface area contributed by atoms with Crippen LogP contribution in [0.1, 0.15) is 24.3 Å². The molecule has 0 spiro atoms. The predicted octanol–water partition coefficient (Wildman–Crippen LogP) is 2.97. The van der Waals surface area contributed by atoms with Crippen LogP contribution < -0.4 is 0 Å². The maximum absolute atomic E-state index is 8.95. The minimum atomic E-state index is 0.363. The Morgan fingerprint density at radius 1 is 1.06 bits per heavy atom. The van der Waals surface area contributed by atoms with Crippen molar-refractivity contribution in [3.05, 3.63) is 48.0 Å². The number of hydrogen-bond donors (Lipinski definition) is 1. The Morgan fingerprint density at radius 3 is 2.50 bits per heavy atom. The van der Waals surface area contributed by atoms with Gasteiger partial charge in [0.05, 0.1) is 0 Å². The lowest BCUT2D eigenvalue weighted by Gasteiger charge is -1.96. The molecule has 1 aromatic rings. The first-order valence-corrected chi connectivity index (χ1v) is 6.22. The zero-order valence-electron chi connectivity index (χ0n) is 9.42. The topological polar surface area (TPSA) is 20.2 Å². The van der Waals surface area contributed by atoms with Crippen LogP contribution in [0.25, 0.3) is 0 Å². The number of allylic oxidation sites excluding steroid dienone is 2.